The fraction of sp³-hybridized carbons (Fsp3) is 0.294. The molecule has 126 valence electrons. The summed E-state index contributed by atoms with van der Waals surface area (Å²) in [6, 6.07) is 5.44. The van der Waals surface area contributed by atoms with Crippen molar-refractivity contribution in [1.82, 2.24) is 14.5 Å². The first-order valence-electron chi connectivity index (χ1n) is 7.48. The van der Waals surface area contributed by atoms with Gasteiger partial charge in [-0.15, -0.1) is 0 Å². The third-order valence-corrected chi connectivity index (χ3v) is 5.26. The number of ether oxygens (including phenoxy) is 1. The summed E-state index contributed by atoms with van der Waals surface area (Å²) >= 11 is 0. The van der Waals surface area contributed by atoms with Crippen molar-refractivity contribution in [3.8, 4) is 5.75 Å². The van der Waals surface area contributed by atoms with Crippen LogP contribution in [-0.2, 0) is 23.6 Å². The molecule has 0 saturated carbocycles. The SMILES string of the molecule is COc1ccc2nc(S(=O)Cc3c(C)c(=O)c(C)cn3C)[nH]c2c1. The van der Waals surface area contributed by atoms with Crippen LogP contribution in [0.5, 0.6) is 5.75 Å². The molecule has 6 nitrogen and oxygen atoms in total. The number of pyridine rings is 1. The van der Waals surface area contributed by atoms with Crippen LogP contribution in [0.15, 0.2) is 34.3 Å². The van der Waals surface area contributed by atoms with Gasteiger partial charge in [0.15, 0.2) is 10.6 Å². The van der Waals surface area contributed by atoms with Gasteiger partial charge in [-0.05, 0) is 26.0 Å². The van der Waals surface area contributed by atoms with Crippen LogP contribution in [0.2, 0.25) is 0 Å². The minimum Gasteiger partial charge on any atom is -0.497 e. The topological polar surface area (TPSA) is 77.0 Å². The number of hydrogen-bond acceptors (Lipinski definition) is 4. The first-order valence-corrected chi connectivity index (χ1v) is 8.80. The third kappa shape index (κ3) is 2.87. The number of methoxy groups -OCH3 is 1. The van der Waals surface area contributed by atoms with Crippen molar-refractivity contribution in [2.24, 2.45) is 7.05 Å². The Morgan fingerprint density at radius 2 is 2.08 bits per heavy atom. The molecule has 0 aliphatic rings. The summed E-state index contributed by atoms with van der Waals surface area (Å²) in [6.45, 7) is 3.55. The second-order valence-corrected chi connectivity index (χ2v) is 7.11. The standard InChI is InChI=1S/C17H19N3O3S/c1-10-8-20(3)15(11(2)16(10)21)9-24(22)17-18-13-6-5-12(23-4)7-14(13)19-17/h5-8H,9H2,1-4H3,(H,18,19). The van der Waals surface area contributed by atoms with Crippen molar-refractivity contribution in [3.63, 3.8) is 0 Å². The number of aromatic nitrogens is 3. The summed E-state index contributed by atoms with van der Waals surface area (Å²) in [6.07, 6.45) is 1.77. The van der Waals surface area contributed by atoms with E-state index in [4.69, 9.17) is 4.74 Å². The molecule has 3 aromatic rings. The number of nitrogens with one attached hydrogen (secondary N) is 1. The highest BCUT2D eigenvalue weighted by Gasteiger charge is 2.16. The van der Waals surface area contributed by atoms with Gasteiger partial charge in [-0.3, -0.25) is 9.00 Å². The maximum absolute atomic E-state index is 12.7. The van der Waals surface area contributed by atoms with Gasteiger partial charge in [0.05, 0.1) is 34.7 Å². The van der Waals surface area contributed by atoms with E-state index in [0.29, 0.717) is 22.0 Å². The highest BCUT2D eigenvalue weighted by molar-refractivity contribution is 7.84. The van der Waals surface area contributed by atoms with E-state index >= 15 is 0 Å². The van der Waals surface area contributed by atoms with Gasteiger partial charge in [0, 0.05) is 36.1 Å². The average molecular weight is 345 g/mol. The van der Waals surface area contributed by atoms with Crippen molar-refractivity contribution in [1.29, 1.82) is 0 Å². The van der Waals surface area contributed by atoms with Gasteiger partial charge < -0.3 is 14.3 Å². The van der Waals surface area contributed by atoms with Crippen LogP contribution in [0.4, 0.5) is 0 Å². The van der Waals surface area contributed by atoms with E-state index < -0.39 is 10.8 Å². The lowest BCUT2D eigenvalue weighted by Gasteiger charge is -2.12. The Hall–Kier alpha value is -2.41. The molecule has 0 fully saturated rings. The highest BCUT2D eigenvalue weighted by Crippen LogP contribution is 2.21. The number of aromatic amines is 1. The van der Waals surface area contributed by atoms with E-state index in [-0.39, 0.29) is 11.2 Å². The van der Waals surface area contributed by atoms with Crippen LogP contribution in [0.3, 0.4) is 0 Å². The van der Waals surface area contributed by atoms with Crippen LogP contribution in [-0.4, -0.2) is 25.9 Å². The minimum absolute atomic E-state index is 0.00515. The molecule has 24 heavy (non-hydrogen) atoms. The number of fused-ring (bicyclic) bond motifs is 1. The third-order valence-electron chi connectivity index (χ3n) is 4.10. The van der Waals surface area contributed by atoms with E-state index in [2.05, 4.69) is 9.97 Å². The number of rotatable bonds is 4. The van der Waals surface area contributed by atoms with Crippen LogP contribution in [0.25, 0.3) is 11.0 Å². The summed E-state index contributed by atoms with van der Waals surface area (Å²) in [5.74, 6) is 0.940. The van der Waals surface area contributed by atoms with E-state index in [1.165, 1.54) is 0 Å². The maximum Gasteiger partial charge on any atom is 0.197 e. The zero-order valence-corrected chi connectivity index (χ0v) is 14.9. The molecule has 3 rings (SSSR count). The molecule has 1 N–H and O–H groups in total. The second kappa shape index (κ2) is 6.24. The molecule has 7 heteroatoms. The lowest BCUT2D eigenvalue weighted by Crippen LogP contribution is -2.19. The van der Waals surface area contributed by atoms with Gasteiger partial charge in [0.1, 0.15) is 5.75 Å². The van der Waals surface area contributed by atoms with Gasteiger partial charge in [-0.25, -0.2) is 4.98 Å². The molecule has 2 heterocycles. The largest absolute Gasteiger partial charge is 0.497 e. The van der Waals surface area contributed by atoms with Gasteiger partial charge in [0.25, 0.3) is 0 Å². The Kier molecular flexibility index (Phi) is 4.28. The van der Waals surface area contributed by atoms with Crippen molar-refractivity contribution >= 4 is 21.8 Å². The number of imidazole rings is 1. The van der Waals surface area contributed by atoms with Crippen LogP contribution in [0, 0.1) is 13.8 Å². The molecule has 0 saturated heterocycles. The average Bonchev–Trinajstić information content (AvgIpc) is 2.99. The fourth-order valence-corrected chi connectivity index (χ4v) is 3.95. The Morgan fingerprint density at radius 1 is 1.33 bits per heavy atom. The van der Waals surface area contributed by atoms with E-state index in [1.807, 2.05) is 29.8 Å². The molecule has 0 radical (unpaired) electrons. The summed E-state index contributed by atoms with van der Waals surface area (Å²) in [7, 11) is 2.07. The molecule has 1 aromatic carbocycles. The monoisotopic (exact) mass is 345 g/mol. The zero-order valence-electron chi connectivity index (χ0n) is 14.0. The second-order valence-electron chi connectivity index (χ2n) is 5.74. The van der Waals surface area contributed by atoms with E-state index in [9.17, 15) is 9.00 Å². The number of nitrogens with zero attached hydrogens (tertiary/aromatic N) is 2. The molecule has 1 atom stereocenters. The van der Waals surface area contributed by atoms with Crippen molar-refractivity contribution in [3.05, 3.63) is 51.4 Å². The van der Waals surface area contributed by atoms with Crippen molar-refractivity contribution in [2.75, 3.05) is 7.11 Å². The molecule has 1 unspecified atom stereocenters. The number of benzene rings is 1. The first kappa shape index (κ1) is 16.4. The van der Waals surface area contributed by atoms with E-state index in [1.54, 1.807) is 27.2 Å². The van der Waals surface area contributed by atoms with Gasteiger partial charge >= 0.3 is 0 Å². The maximum atomic E-state index is 12.7. The molecule has 0 aliphatic heterocycles. The summed E-state index contributed by atoms with van der Waals surface area (Å²) in [4.78, 5) is 19.6. The Morgan fingerprint density at radius 3 is 2.79 bits per heavy atom. The molecule has 0 amide bonds. The van der Waals surface area contributed by atoms with Crippen LogP contribution < -0.4 is 10.2 Å². The van der Waals surface area contributed by atoms with Crippen molar-refractivity contribution < 1.29 is 8.95 Å². The number of hydrogen-bond donors (Lipinski definition) is 1. The van der Waals surface area contributed by atoms with E-state index in [0.717, 1.165) is 16.7 Å². The lowest BCUT2D eigenvalue weighted by molar-refractivity contribution is 0.415. The first-order chi connectivity index (χ1) is 11.4. The van der Waals surface area contributed by atoms with Crippen molar-refractivity contribution in [2.45, 2.75) is 24.8 Å². The molecular weight excluding hydrogens is 326 g/mol. The quantitative estimate of drug-likeness (QED) is 0.786. The summed E-state index contributed by atoms with van der Waals surface area (Å²) < 4.78 is 19.7. The van der Waals surface area contributed by atoms with Gasteiger partial charge in [0.2, 0.25) is 0 Å². The molecule has 0 spiro atoms. The zero-order chi connectivity index (χ0) is 17.4. The predicted octanol–water partition coefficient (Wildman–Crippen LogP) is 2.19. The van der Waals surface area contributed by atoms with Gasteiger partial charge in [-0.2, -0.15) is 0 Å². The molecular formula is C17H19N3O3S. The fourth-order valence-electron chi connectivity index (χ4n) is 2.72. The summed E-state index contributed by atoms with van der Waals surface area (Å²) in [5.41, 5.74) is 3.56. The Balaban J connectivity index is 1.96. The molecule has 2 aromatic heterocycles. The summed E-state index contributed by atoms with van der Waals surface area (Å²) in [5, 5.41) is 0.394. The van der Waals surface area contributed by atoms with Gasteiger partial charge in [-0.1, -0.05) is 0 Å². The number of H-pyrrole nitrogens is 1. The minimum atomic E-state index is -1.38. The van der Waals surface area contributed by atoms with Crippen LogP contribution in [0.1, 0.15) is 16.8 Å². The smallest absolute Gasteiger partial charge is 0.197 e. The Labute approximate surface area is 142 Å². The Bertz CT molecular complexity index is 1000. The highest BCUT2D eigenvalue weighted by atomic mass is 32.2. The van der Waals surface area contributed by atoms with Crippen LogP contribution >= 0.6 is 0 Å². The molecule has 0 bridgehead atoms. The normalized spacial score (nSPS) is 12.5. The molecule has 0 aliphatic carbocycles. The number of aryl methyl sites for hydroxylation is 2. The predicted molar refractivity (Wildman–Crippen MR) is 93.9 cm³/mol. The lowest BCUT2D eigenvalue weighted by atomic mass is 10.1.